The van der Waals surface area contributed by atoms with E-state index in [0.717, 1.165) is 0 Å². The molecule has 0 spiro atoms. The van der Waals surface area contributed by atoms with Crippen LogP contribution in [0.4, 0.5) is 0 Å². The van der Waals surface area contributed by atoms with Crippen molar-refractivity contribution in [2.75, 3.05) is 12.5 Å². The van der Waals surface area contributed by atoms with Gasteiger partial charge in [-0.3, -0.25) is 0 Å². The minimum atomic E-state index is -0.823. The Labute approximate surface area is 138 Å². The summed E-state index contributed by atoms with van der Waals surface area (Å²) >= 11 is 4.06. The summed E-state index contributed by atoms with van der Waals surface area (Å²) in [5.74, 6) is 0. The Hall–Kier alpha value is -0.250. The molecule has 1 aliphatic heterocycles. The molecule has 0 aromatic carbocycles. The Morgan fingerprint density at radius 3 is 1.33 bits per heavy atom. The van der Waals surface area contributed by atoms with Crippen molar-refractivity contribution in [2.45, 2.75) is 62.2 Å². The molecule has 21 heavy (non-hydrogen) atoms. The molecule has 0 saturated carbocycles. The molecule has 0 nitrogen and oxygen atoms in total. The lowest BCUT2D eigenvalue weighted by atomic mass is 9.95. The lowest BCUT2D eigenvalue weighted by molar-refractivity contribution is 0.603. The van der Waals surface area contributed by atoms with Crippen LogP contribution in [0.3, 0.4) is 0 Å². The maximum absolute atomic E-state index is 2.50. The maximum atomic E-state index is 2.50. The molecule has 3 heterocycles. The predicted octanol–water partition coefficient (Wildman–Crippen LogP) is 6.87. The van der Waals surface area contributed by atoms with Crippen molar-refractivity contribution in [2.24, 2.45) is 0 Å². The van der Waals surface area contributed by atoms with Gasteiger partial charge in [0, 0.05) is 19.5 Å². The average Bonchev–Trinajstić information content (AvgIpc) is 2.94. The minimum Gasteiger partial charge on any atom is -0.191 e. The molecule has 0 atom stereocenters. The molecule has 0 unspecified atom stereocenters. The number of hydrogen-bond acceptors (Lipinski definition) is 2. The Bertz CT molecular complexity index is 640. The Balaban J connectivity index is 2.21. The molecule has 0 bridgehead atoms. The molecule has 0 amide bonds. The van der Waals surface area contributed by atoms with Crippen LogP contribution < -0.4 is 0 Å². The van der Waals surface area contributed by atoms with Gasteiger partial charge in [0.05, 0.1) is 9.75 Å². The molecular weight excluding hydrogens is 312 g/mol. The molecule has 3 rings (SSSR count). The number of fused-ring (bicyclic) bond motifs is 3. The van der Waals surface area contributed by atoms with E-state index in [9.17, 15) is 0 Å². The van der Waals surface area contributed by atoms with Crippen LogP contribution >= 0.6 is 32.7 Å². The van der Waals surface area contributed by atoms with Crippen molar-refractivity contribution in [3.05, 3.63) is 21.9 Å². The van der Waals surface area contributed by atoms with Crippen LogP contribution in [0.25, 0.3) is 9.75 Å². The highest BCUT2D eigenvalue weighted by atomic mass is 32.3. The van der Waals surface area contributed by atoms with Crippen LogP contribution in [-0.2, 0) is 10.8 Å². The van der Waals surface area contributed by atoms with Crippen molar-refractivity contribution in [1.29, 1.82) is 0 Å². The summed E-state index contributed by atoms with van der Waals surface area (Å²) in [4.78, 5) is 9.44. The SMILES string of the molecule is CC(C)(C)c1cc2c(s1)-c1sc(C(C)(C)C)cc1S2(C)C. The molecule has 0 fully saturated rings. The van der Waals surface area contributed by atoms with Gasteiger partial charge in [-0.2, -0.15) is 10.0 Å². The summed E-state index contributed by atoms with van der Waals surface area (Å²) in [5, 5.41) is 0. The van der Waals surface area contributed by atoms with Crippen molar-refractivity contribution >= 4 is 32.7 Å². The molecular formula is C18H26S3. The van der Waals surface area contributed by atoms with Crippen LogP contribution in [0.2, 0.25) is 0 Å². The van der Waals surface area contributed by atoms with E-state index in [4.69, 9.17) is 0 Å². The predicted molar refractivity (Wildman–Crippen MR) is 101 cm³/mol. The molecule has 2 aromatic rings. The van der Waals surface area contributed by atoms with E-state index >= 15 is 0 Å². The first-order valence-electron chi connectivity index (χ1n) is 7.45. The summed E-state index contributed by atoms with van der Waals surface area (Å²) in [7, 11) is -0.823. The highest BCUT2D eigenvalue weighted by Gasteiger charge is 2.38. The zero-order valence-electron chi connectivity index (χ0n) is 14.4. The third-order valence-electron chi connectivity index (χ3n) is 4.18. The van der Waals surface area contributed by atoms with Gasteiger partial charge in [-0.05, 0) is 35.5 Å². The number of thiophene rings is 2. The molecule has 2 aromatic heterocycles. The fourth-order valence-electron chi connectivity index (χ4n) is 2.68. The summed E-state index contributed by atoms with van der Waals surface area (Å²) in [6.07, 6.45) is 4.94. The second-order valence-corrected chi connectivity index (χ2v) is 14.1. The van der Waals surface area contributed by atoms with E-state index in [1.165, 1.54) is 9.75 Å². The summed E-state index contributed by atoms with van der Waals surface area (Å²) in [6, 6.07) is 5.00. The second-order valence-electron chi connectivity index (χ2n) is 8.43. The lowest BCUT2D eigenvalue weighted by Crippen LogP contribution is -2.08. The van der Waals surface area contributed by atoms with Gasteiger partial charge in [-0.15, -0.1) is 22.7 Å². The average molecular weight is 339 g/mol. The Morgan fingerprint density at radius 2 is 1.05 bits per heavy atom. The van der Waals surface area contributed by atoms with Crippen LogP contribution in [0.5, 0.6) is 0 Å². The quantitative estimate of drug-likeness (QED) is 0.492. The molecule has 0 N–H and O–H groups in total. The van der Waals surface area contributed by atoms with Gasteiger partial charge in [-0.1, -0.05) is 41.5 Å². The second kappa shape index (κ2) is 4.39. The standard InChI is InChI=1S/C18H26S3/c1-17(2,3)13-9-11-15(19-13)16-12(21(11,7)8)10-14(20-16)18(4,5)6/h9-10H,1-8H3. The van der Waals surface area contributed by atoms with E-state index in [1.54, 1.807) is 19.5 Å². The smallest absolute Gasteiger partial charge is 0.0580 e. The van der Waals surface area contributed by atoms with Gasteiger partial charge < -0.3 is 0 Å². The first kappa shape index (κ1) is 15.6. The van der Waals surface area contributed by atoms with Crippen molar-refractivity contribution < 1.29 is 0 Å². The van der Waals surface area contributed by atoms with E-state index in [-0.39, 0.29) is 10.8 Å². The molecule has 0 radical (unpaired) electrons. The normalized spacial score (nSPS) is 18.5. The topological polar surface area (TPSA) is 0 Å². The molecule has 116 valence electrons. The fourth-order valence-corrected chi connectivity index (χ4v) is 9.03. The summed E-state index contributed by atoms with van der Waals surface area (Å²) in [6.45, 7) is 14.0. The lowest BCUT2D eigenvalue weighted by Gasteiger charge is -2.27. The first-order chi connectivity index (χ1) is 9.42. The minimum absolute atomic E-state index is 0.259. The van der Waals surface area contributed by atoms with Crippen LogP contribution in [0.15, 0.2) is 21.9 Å². The van der Waals surface area contributed by atoms with Crippen LogP contribution in [-0.4, -0.2) is 12.5 Å². The van der Waals surface area contributed by atoms with Crippen molar-refractivity contribution in [3.63, 3.8) is 0 Å². The molecule has 1 aliphatic rings. The Kier molecular flexibility index (Phi) is 3.27. The first-order valence-corrected chi connectivity index (χ1v) is 11.5. The number of hydrogen-bond donors (Lipinski definition) is 0. The molecule has 3 heteroatoms. The van der Waals surface area contributed by atoms with Crippen LogP contribution in [0, 0.1) is 0 Å². The van der Waals surface area contributed by atoms with Gasteiger partial charge in [0.15, 0.2) is 0 Å². The third kappa shape index (κ3) is 2.32. The van der Waals surface area contributed by atoms with Crippen molar-refractivity contribution in [1.82, 2.24) is 0 Å². The zero-order valence-corrected chi connectivity index (χ0v) is 16.8. The fraction of sp³-hybridized carbons (Fsp3) is 0.556. The molecule has 0 saturated heterocycles. The third-order valence-corrected chi connectivity index (χ3v) is 10.6. The van der Waals surface area contributed by atoms with Gasteiger partial charge in [-0.25, -0.2) is 0 Å². The van der Waals surface area contributed by atoms with E-state index < -0.39 is 10.0 Å². The highest BCUT2D eigenvalue weighted by molar-refractivity contribution is 8.33. The zero-order chi connectivity index (χ0) is 15.8. The summed E-state index contributed by atoms with van der Waals surface area (Å²) < 4.78 is 0. The van der Waals surface area contributed by atoms with Gasteiger partial charge in [0.1, 0.15) is 0 Å². The summed E-state index contributed by atoms with van der Waals surface area (Å²) in [5.41, 5.74) is 0.517. The highest BCUT2D eigenvalue weighted by Crippen LogP contribution is 2.71. The van der Waals surface area contributed by atoms with Gasteiger partial charge in [0.2, 0.25) is 0 Å². The van der Waals surface area contributed by atoms with Gasteiger partial charge >= 0.3 is 0 Å². The van der Waals surface area contributed by atoms with E-state index in [2.05, 4.69) is 66.2 Å². The molecule has 0 aliphatic carbocycles. The van der Waals surface area contributed by atoms with E-state index in [0.29, 0.717) is 0 Å². The largest absolute Gasteiger partial charge is 0.191 e. The van der Waals surface area contributed by atoms with E-state index in [1.807, 2.05) is 22.7 Å². The maximum Gasteiger partial charge on any atom is 0.0580 e. The van der Waals surface area contributed by atoms with Crippen LogP contribution in [0.1, 0.15) is 51.3 Å². The van der Waals surface area contributed by atoms with Gasteiger partial charge in [0.25, 0.3) is 0 Å². The Morgan fingerprint density at radius 1 is 0.714 bits per heavy atom. The number of rotatable bonds is 0. The van der Waals surface area contributed by atoms with Crippen molar-refractivity contribution in [3.8, 4) is 9.75 Å². The monoisotopic (exact) mass is 338 g/mol.